The van der Waals surface area contributed by atoms with Crippen LogP contribution >= 0.6 is 23.6 Å². The fraction of sp³-hybridized carbons (Fsp3) is 0.438. The van der Waals surface area contributed by atoms with Gasteiger partial charge >= 0.3 is 6.18 Å². The summed E-state index contributed by atoms with van der Waals surface area (Å²) in [5, 5.41) is 4.75. The van der Waals surface area contributed by atoms with E-state index in [1.54, 1.807) is 11.3 Å². The van der Waals surface area contributed by atoms with E-state index < -0.39 is 12.0 Å². The van der Waals surface area contributed by atoms with Gasteiger partial charge in [-0.15, -0.1) is 16.4 Å². The number of aromatic nitrogens is 4. The monoisotopic (exact) mass is 400 g/mol. The number of hydrogen-bond donors (Lipinski definition) is 1. The van der Waals surface area contributed by atoms with Gasteiger partial charge in [-0.2, -0.15) is 17.9 Å². The normalized spacial score (nSPS) is 20.9. The van der Waals surface area contributed by atoms with Crippen LogP contribution in [0.3, 0.4) is 0 Å². The first-order chi connectivity index (χ1) is 12.3. The molecule has 0 radical (unpaired) electrons. The van der Waals surface area contributed by atoms with Crippen LogP contribution in [-0.2, 0) is 19.9 Å². The summed E-state index contributed by atoms with van der Waals surface area (Å²) in [5.41, 5.74) is 0.965. The molecule has 1 unspecified atom stereocenters. The van der Waals surface area contributed by atoms with Gasteiger partial charge in [0.25, 0.3) is 0 Å². The molecule has 1 aliphatic rings. The molecule has 0 saturated carbocycles. The summed E-state index contributed by atoms with van der Waals surface area (Å²) < 4.78 is 42.6. The van der Waals surface area contributed by atoms with Crippen LogP contribution in [0.2, 0.25) is 0 Å². The Kier molecular flexibility index (Phi) is 4.36. The number of nitrogens with one attached hydrogen (secondary N) is 1. The van der Waals surface area contributed by atoms with Crippen LogP contribution in [0.25, 0.3) is 10.2 Å². The molecule has 2 aromatic heterocycles. The van der Waals surface area contributed by atoms with Crippen molar-refractivity contribution in [2.45, 2.75) is 31.7 Å². The lowest BCUT2D eigenvalue weighted by Gasteiger charge is -2.19. The molecule has 10 heteroatoms. The lowest BCUT2D eigenvalue weighted by atomic mass is 10.2. The van der Waals surface area contributed by atoms with Crippen molar-refractivity contribution in [3.63, 3.8) is 0 Å². The predicted molar refractivity (Wildman–Crippen MR) is 94.5 cm³/mol. The molecule has 138 valence electrons. The molecule has 26 heavy (non-hydrogen) atoms. The molecule has 4 rings (SSSR count). The Labute approximate surface area is 156 Å². The smallest absolute Gasteiger partial charge is 0.308 e. The van der Waals surface area contributed by atoms with Crippen molar-refractivity contribution >= 4 is 33.8 Å². The number of rotatable bonds is 3. The summed E-state index contributed by atoms with van der Waals surface area (Å²) in [7, 11) is 1.30. The highest BCUT2D eigenvalue weighted by Crippen LogP contribution is 2.29. The molecule has 1 saturated heterocycles. The number of hydrogen-bond acceptors (Lipinski definition) is 4. The molecule has 0 bridgehead atoms. The standard InChI is InChI=1S/C16H16F3N5S2/c1-22-14(16(17,18)19)21-24(15(22)25)9-23-8-4-6-11(23)13-20-10-5-2-3-7-12(10)26-13/h2-3,5,7,11H,4,6,8-9H2,1H3/p+1/t11-/m0/s1. The van der Waals surface area contributed by atoms with Crippen molar-refractivity contribution < 1.29 is 18.1 Å². The Morgan fingerprint density at radius 3 is 2.81 bits per heavy atom. The highest BCUT2D eigenvalue weighted by Gasteiger charge is 2.39. The number of nitrogens with zero attached hydrogens (tertiary/aromatic N) is 4. The molecule has 0 aliphatic carbocycles. The Bertz CT molecular complexity index is 970. The molecule has 1 N–H and O–H groups in total. The van der Waals surface area contributed by atoms with Crippen molar-refractivity contribution in [2.24, 2.45) is 7.05 Å². The van der Waals surface area contributed by atoms with E-state index >= 15 is 0 Å². The molecular weight excluding hydrogens is 383 g/mol. The van der Waals surface area contributed by atoms with Gasteiger partial charge in [-0.1, -0.05) is 12.1 Å². The number of para-hydroxylation sites is 1. The zero-order chi connectivity index (χ0) is 18.5. The maximum absolute atomic E-state index is 13.1. The summed E-state index contributed by atoms with van der Waals surface area (Å²) >= 11 is 6.82. The van der Waals surface area contributed by atoms with Crippen LogP contribution in [0.5, 0.6) is 0 Å². The number of thiazole rings is 1. The average Bonchev–Trinajstić information content (AvgIpc) is 3.27. The van der Waals surface area contributed by atoms with Gasteiger partial charge < -0.3 is 4.90 Å². The van der Waals surface area contributed by atoms with E-state index in [-0.39, 0.29) is 10.8 Å². The van der Waals surface area contributed by atoms with Crippen molar-refractivity contribution in [1.82, 2.24) is 19.3 Å². The van der Waals surface area contributed by atoms with Crippen LogP contribution in [0.4, 0.5) is 13.2 Å². The van der Waals surface area contributed by atoms with Crippen LogP contribution in [0.1, 0.15) is 29.7 Å². The molecule has 1 aliphatic heterocycles. The van der Waals surface area contributed by atoms with Gasteiger partial charge in [0.1, 0.15) is 6.04 Å². The van der Waals surface area contributed by atoms with E-state index in [9.17, 15) is 13.2 Å². The highest BCUT2D eigenvalue weighted by molar-refractivity contribution is 7.71. The zero-order valence-corrected chi connectivity index (χ0v) is 15.6. The van der Waals surface area contributed by atoms with E-state index in [2.05, 4.69) is 5.10 Å². The van der Waals surface area contributed by atoms with Gasteiger partial charge in [-0.3, -0.25) is 4.57 Å². The Hall–Kier alpha value is -1.78. The molecule has 3 aromatic rings. The summed E-state index contributed by atoms with van der Waals surface area (Å²) in [5.74, 6) is -0.961. The van der Waals surface area contributed by atoms with Crippen molar-refractivity contribution in [1.29, 1.82) is 0 Å². The minimum absolute atomic E-state index is 0.0831. The van der Waals surface area contributed by atoms with Gasteiger partial charge in [0.15, 0.2) is 11.7 Å². The lowest BCUT2D eigenvalue weighted by Crippen LogP contribution is -3.09. The zero-order valence-electron chi connectivity index (χ0n) is 14.0. The number of alkyl halides is 3. The van der Waals surface area contributed by atoms with Crippen LogP contribution < -0.4 is 4.90 Å². The summed E-state index contributed by atoms with van der Waals surface area (Å²) in [6, 6.07) is 8.11. The van der Waals surface area contributed by atoms with Gasteiger partial charge in [-0.25, -0.2) is 4.98 Å². The SMILES string of the molecule is Cn1c(C(F)(F)F)nn(C[NH+]2CCC[C@H]2c2nc3ccccc3s2)c1=S. The number of likely N-dealkylation sites (tertiary alicyclic amines) is 1. The molecule has 1 aromatic carbocycles. The second-order valence-corrected chi connectivity index (χ2v) is 7.87. The lowest BCUT2D eigenvalue weighted by molar-refractivity contribution is -0.941. The number of halogens is 3. The Balaban J connectivity index is 1.63. The van der Waals surface area contributed by atoms with Gasteiger partial charge in [0, 0.05) is 19.9 Å². The van der Waals surface area contributed by atoms with Crippen LogP contribution in [0.15, 0.2) is 24.3 Å². The molecular formula is C16H17F3N5S2+. The number of benzene rings is 1. The topological polar surface area (TPSA) is 40.1 Å². The molecule has 0 amide bonds. The fourth-order valence-electron chi connectivity index (χ4n) is 3.47. The molecule has 0 spiro atoms. The van der Waals surface area contributed by atoms with E-state index in [1.165, 1.54) is 11.7 Å². The molecule has 3 heterocycles. The predicted octanol–water partition coefficient (Wildman–Crippen LogP) is 2.96. The van der Waals surface area contributed by atoms with E-state index in [1.807, 2.05) is 24.3 Å². The van der Waals surface area contributed by atoms with Gasteiger partial charge in [0.2, 0.25) is 10.6 Å². The van der Waals surface area contributed by atoms with Gasteiger partial charge in [0.05, 0.1) is 16.8 Å². The quantitative estimate of drug-likeness (QED) is 0.688. The first kappa shape index (κ1) is 17.6. The third-order valence-electron chi connectivity index (χ3n) is 4.74. The maximum atomic E-state index is 13.1. The van der Waals surface area contributed by atoms with Crippen molar-refractivity contribution in [3.8, 4) is 0 Å². The summed E-state index contributed by atoms with van der Waals surface area (Å²) in [6.07, 6.45) is -2.55. The van der Waals surface area contributed by atoms with Crippen LogP contribution in [-0.4, -0.2) is 25.9 Å². The van der Waals surface area contributed by atoms with Crippen LogP contribution in [0, 0.1) is 4.77 Å². The first-order valence-corrected chi connectivity index (χ1v) is 9.48. The summed E-state index contributed by atoms with van der Waals surface area (Å²) in [4.78, 5) is 5.87. The molecule has 1 fully saturated rings. The van der Waals surface area contributed by atoms with E-state index in [4.69, 9.17) is 17.2 Å². The third kappa shape index (κ3) is 3.06. The van der Waals surface area contributed by atoms with Crippen molar-refractivity contribution in [3.05, 3.63) is 39.9 Å². The molecule has 5 nitrogen and oxygen atoms in total. The second-order valence-electron chi connectivity index (χ2n) is 6.44. The first-order valence-electron chi connectivity index (χ1n) is 8.25. The Morgan fingerprint density at radius 1 is 1.35 bits per heavy atom. The minimum Gasteiger partial charge on any atom is -0.308 e. The maximum Gasteiger partial charge on any atom is 0.451 e. The minimum atomic E-state index is -4.51. The highest BCUT2D eigenvalue weighted by atomic mass is 32.1. The molecule has 2 atom stereocenters. The third-order valence-corrected chi connectivity index (χ3v) is 6.37. The number of quaternary nitrogens is 1. The number of fused-ring (bicyclic) bond motifs is 1. The van der Waals surface area contributed by atoms with Gasteiger partial charge in [-0.05, 0) is 24.4 Å². The fourth-order valence-corrected chi connectivity index (χ4v) is 4.82. The van der Waals surface area contributed by atoms with Crippen molar-refractivity contribution in [2.75, 3.05) is 6.54 Å². The summed E-state index contributed by atoms with van der Waals surface area (Å²) in [6.45, 7) is 1.17. The average molecular weight is 400 g/mol. The largest absolute Gasteiger partial charge is 0.451 e. The second kappa shape index (κ2) is 6.43. The Morgan fingerprint density at radius 2 is 2.12 bits per heavy atom. The van der Waals surface area contributed by atoms with E-state index in [0.29, 0.717) is 6.67 Å². The van der Waals surface area contributed by atoms with E-state index in [0.717, 1.165) is 44.1 Å².